The summed E-state index contributed by atoms with van der Waals surface area (Å²) in [5.41, 5.74) is 7.68. The van der Waals surface area contributed by atoms with Gasteiger partial charge < -0.3 is 20.9 Å². The van der Waals surface area contributed by atoms with Gasteiger partial charge in [-0.1, -0.05) is 12.1 Å². The molecule has 0 saturated carbocycles. The van der Waals surface area contributed by atoms with Gasteiger partial charge in [0.15, 0.2) is 0 Å². The number of nitrogens with two attached hydrogens (primary N) is 1. The maximum Gasteiger partial charge on any atom is 0.321 e. The van der Waals surface area contributed by atoms with Gasteiger partial charge in [0.05, 0.1) is 0 Å². The van der Waals surface area contributed by atoms with Crippen molar-refractivity contribution in [2.75, 3.05) is 38.5 Å². The molecule has 1 aromatic rings. The normalized spacial score (nSPS) is 16.7. The summed E-state index contributed by atoms with van der Waals surface area (Å²) in [6.07, 6.45) is 2.56. The first-order valence-corrected chi connectivity index (χ1v) is 7.66. The van der Waals surface area contributed by atoms with Crippen molar-refractivity contribution in [1.82, 2.24) is 9.80 Å². The van der Waals surface area contributed by atoms with Crippen LogP contribution in [0.25, 0.3) is 0 Å². The van der Waals surface area contributed by atoms with E-state index in [0.29, 0.717) is 0 Å². The van der Waals surface area contributed by atoms with Crippen LogP contribution in [0.15, 0.2) is 24.3 Å². The summed E-state index contributed by atoms with van der Waals surface area (Å²) in [4.78, 5) is 16.3. The highest BCUT2D eigenvalue weighted by Crippen LogP contribution is 2.16. The van der Waals surface area contributed by atoms with Crippen molar-refractivity contribution < 1.29 is 4.79 Å². The molecule has 1 saturated heterocycles. The topological polar surface area (TPSA) is 61.6 Å². The number of amides is 2. The molecule has 0 aromatic heterocycles. The summed E-state index contributed by atoms with van der Waals surface area (Å²) >= 11 is 0. The van der Waals surface area contributed by atoms with Gasteiger partial charge in [-0.3, -0.25) is 0 Å². The fourth-order valence-corrected chi connectivity index (χ4v) is 2.52. The van der Waals surface area contributed by atoms with Gasteiger partial charge in [-0.2, -0.15) is 0 Å². The molecular formula is C16H26N4O. The van der Waals surface area contributed by atoms with E-state index >= 15 is 0 Å². The van der Waals surface area contributed by atoms with E-state index in [1.807, 2.05) is 38.2 Å². The van der Waals surface area contributed by atoms with Gasteiger partial charge in [0.1, 0.15) is 0 Å². The Kier molecular flexibility index (Phi) is 5.59. The number of nitrogens with one attached hydrogen (secondary N) is 1. The smallest absolute Gasteiger partial charge is 0.321 e. The van der Waals surface area contributed by atoms with E-state index in [9.17, 15) is 4.79 Å². The third-order valence-corrected chi connectivity index (χ3v) is 3.96. The molecule has 5 nitrogen and oxygen atoms in total. The average Bonchev–Trinajstić information content (AvgIpc) is 2.98. The standard InChI is InChI=1S/C16H26N4O/c1-13(17)14-6-5-7-15(12-14)18-16(21)19(2)10-11-20-8-3-4-9-20/h5-7,12-13H,3-4,8-11,17H2,1-2H3,(H,18,21). The highest BCUT2D eigenvalue weighted by molar-refractivity contribution is 5.89. The molecule has 21 heavy (non-hydrogen) atoms. The van der Waals surface area contributed by atoms with Crippen molar-refractivity contribution in [3.05, 3.63) is 29.8 Å². The zero-order valence-corrected chi connectivity index (χ0v) is 13.0. The minimum Gasteiger partial charge on any atom is -0.326 e. The molecule has 1 unspecified atom stereocenters. The Morgan fingerprint density at radius 2 is 2.14 bits per heavy atom. The number of likely N-dealkylation sites (tertiary alicyclic amines) is 1. The summed E-state index contributed by atoms with van der Waals surface area (Å²) in [6.45, 7) is 5.95. The summed E-state index contributed by atoms with van der Waals surface area (Å²) in [7, 11) is 1.83. The molecule has 5 heteroatoms. The van der Waals surface area contributed by atoms with Crippen LogP contribution in [0.5, 0.6) is 0 Å². The summed E-state index contributed by atoms with van der Waals surface area (Å²) in [6, 6.07) is 7.59. The first-order valence-electron chi connectivity index (χ1n) is 7.66. The summed E-state index contributed by atoms with van der Waals surface area (Å²) in [5.74, 6) is 0. The van der Waals surface area contributed by atoms with Crippen LogP contribution in [0.1, 0.15) is 31.4 Å². The fourth-order valence-electron chi connectivity index (χ4n) is 2.52. The number of carbonyl (C=O) groups is 1. The number of hydrogen-bond acceptors (Lipinski definition) is 3. The van der Waals surface area contributed by atoms with E-state index < -0.39 is 0 Å². The Hall–Kier alpha value is -1.59. The van der Waals surface area contributed by atoms with Crippen LogP contribution in [0.3, 0.4) is 0 Å². The Morgan fingerprint density at radius 1 is 1.43 bits per heavy atom. The predicted molar refractivity (Wildman–Crippen MR) is 86.4 cm³/mol. The largest absolute Gasteiger partial charge is 0.326 e. The van der Waals surface area contributed by atoms with Crippen molar-refractivity contribution in [2.24, 2.45) is 5.73 Å². The fraction of sp³-hybridized carbons (Fsp3) is 0.562. The van der Waals surface area contributed by atoms with E-state index in [1.54, 1.807) is 4.90 Å². The molecule has 0 radical (unpaired) electrons. The molecule has 0 bridgehead atoms. The second-order valence-electron chi connectivity index (χ2n) is 5.81. The lowest BCUT2D eigenvalue weighted by Gasteiger charge is -2.22. The van der Waals surface area contributed by atoms with Crippen molar-refractivity contribution in [2.45, 2.75) is 25.8 Å². The number of benzene rings is 1. The van der Waals surface area contributed by atoms with E-state index in [-0.39, 0.29) is 12.1 Å². The van der Waals surface area contributed by atoms with Crippen molar-refractivity contribution >= 4 is 11.7 Å². The zero-order valence-electron chi connectivity index (χ0n) is 13.0. The van der Waals surface area contributed by atoms with Crippen molar-refractivity contribution in [3.63, 3.8) is 0 Å². The molecule has 1 heterocycles. The average molecular weight is 290 g/mol. The van der Waals surface area contributed by atoms with Gasteiger partial charge in [0, 0.05) is 31.9 Å². The molecule has 2 amide bonds. The molecule has 1 fully saturated rings. The second-order valence-corrected chi connectivity index (χ2v) is 5.81. The van der Waals surface area contributed by atoms with Gasteiger partial charge in [-0.25, -0.2) is 4.79 Å². The number of hydrogen-bond donors (Lipinski definition) is 2. The van der Waals surface area contributed by atoms with Crippen molar-refractivity contribution in [1.29, 1.82) is 0 Å². The molecule has 0 spiro atoms. The number of anilines is 1. The van der Waals surface area contributed by atoms with Gasteiger partial charge in [-0.05, 0) is 50.6 Å². The second kappa shape index (κ2) is 7.43. The van der Waals surface area contributed by atoms with Crippen LogP contribution in [0.4, 0.5) is 10.5 Å². The van der Waals surface area contributed by atoms with Crippen LogP contribution in [-0.2, 0) is 0 Å². The maximum absolute atomic E-state index is 12.2. The monoisotopic (exact) mass is 290 g/mol. The molecule has 2 rings (SSSR count). The maximum atomic E-state index is 12.2. The van der Waals surface area contributed by atoms with E-state index in [4.69, 9.17) is 5.73 Å². The highest BCUT2D eigenvalue weighted by Gasteiger charge is 2.14. The number of carbonyl (C=O) groups excluding carboxylic acids is 1. The van der Waals surface area contributed by atoms with Crippen LogP contribution in [-0.4, -0.2) is 49.1 Å². The lowest BCUT2D eigenvalue weighted by Crippen LogP contribution is -2.37. The molecule has 0 aliphatic carbocycles. The quantitative estimate of drug-likeness (QED) is 0.874. The van der Waals surface area contributed by atoms with Gasteiger partial charge in [0.2, 0.25) is 0 Å². The zero-order chi connectivity index (χ0) is 15.2. The minimum atomic E-state index is -0.0731. The molecule has 1 atom stereocenters. The van der Waals surface area contributed by atoms with Gasteiger partial charge in [0.25, 0.3) is 0 Å². The summed E-state index contributed by atoms with van der Waals surface area (Å²) < 4.78 is 0. The molecule has 1 aliphatic rings. The van der Waals surface area contributed by atoms with Crippen LogP contribution in [0, 0.1) is 0 Å². The SMILES string of the molecule is CC(N)c1cccc(NC(=O)N(C)CCN2CCCC2)c1. The minimum absolute atomic E-state index is 0.0326. The van der Waals surface area contributed by atoms with E-state index in [1.165, 1.54) is 12.8 Å². The molecule has 116 valence electrons. The molecule has 1 aliphatic heterocycles. The number of urea groups is 1. The third-order valence-electron chi connectivity index (χ3n) is 3.96. The lowest BCUT2D eigenvalue weighted by atomic mass is 10.1. The first kappa shape index (κ1) is 15.8. The van der Waals surface area contributed by atoms with Crippen LogP contribution < -0.4 is 11.1 Å². The van der Waals surface area contributed by atoms with Crippen molar-refractivity contribution in [3.8, 4) is 0 Å². The lowest BCUT2D eigenvalue weighted by molar-refractivity contribution is 0.213. The van der Waals surface area contributed by atoms with Crippen LogP contribution >= 0.6 is 0 Å². The number of likely N-dealkylation sites (N-methyl/N-ethyl adjacent to an activating group) is 1. The third kappa shape index (κ3) is 4.72. The van der Waals surface area contributed by atoms with Gasteiger partial charge >= 0.3 is 6.03 Å². The first-order chi connectivity index (χ1) is 10.1. The van der Waals surface area contributed by atoms with Crippen LogP contribution in [0.2, 0.25) is 0 Å². The van der Waals surface area contributed by atoms with E-state index in [0.717, 1.165) is 37.4 Å². The number of rotatable bonds is 5. The molecular weight excluding hydrogens is 264 g/mol. The Bertz CT molecular complexity index is 469. The Labute approximate surface area is 127 Å². The van der Waals surface area contributed by atoms with E-state index in [2.05, 4.69) is 10.2 Å². The number of nitrogens with zero attached hydrogens (tertiary/aromatic N) is 2. The molecule has 1 aromatic carbocycles. The van der Waals surface area contributed by atoms with Gasteiger partial charge in [-0.15, -0.1) is 0 Å². The molecule has 3 N–H and O–H groups in total. The highest BCUT2D eigenvalue weighted by atomic mass is 16.2. The predicted octanol–water partition coefficient (Wildman–Crippen LogP) is 2.27. The Morgan fingerprint density at radius 3 is 2.81 bits per heavy atom. The Balaban J connectivity index is 1.83. The summed E-state index contributed by atoms with van der Waals surface area (Å²) in [5, 5.41) is 2.93.